The number of hydrogen-bond donors (Lipinski definition) is 2. The van der Waals surface area contributed by atoms with Crippen LogP contribution in [0.15, 0.2) is 18.2 Å². The fraction of sp³-hybridized carbons (Fsp3) is 0.385. The molecule has 0 bridgehead atoms. The van der Waals surface area contributed by atoms with Crippen molar-refractivity contribution in [2.45, 2.75) is 6.92 Å². The smallest absolute Gasteiger partial charge is 0.340 e. The van der Waals surface area contributed by atoms with Crippen molar-refractivity contribution in [2.75, 3.05) is 37.9 Å². The number of rotatable bonds is 5. The van der Waals surface area contributed by atoms with Gasteiger partial charge in [0.05, 0.1) is 19.2 Å². The van der Waals surface area contributed by atoms with Crippen LogP contribution in [0.25, 0.3) is 0 Å². The third kappa shape index (κ3) is 3.61. The first-order valence-corrected chi connectivity index (χ1v) is 5.96. The van der Waals surface area contributed by atoms with Gasteiger partial charge in [0.2, 0.25) is 5.91 Å². The summed E-state index contributed by atoms with van der Waals surface area (Å²) in [6, 6.07) is 5.04. The van der Waals surface area contributed by atoms with E-state index in [1.165, 1.54) is 7.11 Å². The number of likely N-dealkylation sites (N-methyl/N-ethyl adjacent to an activating group) is 2. The predicted molar refractivity (Wildman–Crippen MR) is 74.1 cm³/mol. The van der Waals surface area contributed by atoms with E-state index in [0.717, 1.165) is 5.69 Å². The Morgan fingerprint density at radius 3 is 2.63 bits per heavy atom. The number of anilines is 2. The summed E-state index contributed by atoms with van der Waals surface area (Å²) in [6.07, 6.45) is 0. The predicted octanol–water partition coefficient (Wildman–Crippen LogP) is 0.628. The van der Waals surface area contributed by atoms with Crippen molar-refractivity contribution in [1.29, 1.82) is 0 Å². The first kappa shape index (κ1) is 14.8. The zero-order valence-electron chi connectivity index (χ0n) is 11.4. The van der Waals surface area contributed by atoms with Gasteiger partial charge >= 0.3 is 5.97 Å². The lowest BCUT2D eigenvalue weighted by molar-refractivity contribution is -0.119. The number of nitrogen functional groups attached to an aromatic ring is 1. The number of amides is 1. The van der Waals surface area contributed by atoms with Crippen molar-refractivity contribution in [3.8, 4) is 0 Å². The Hall–Kier alpha value is -2.24. The quantitative estimate of drug-likeness (QED) is 0.602. The van der Waals surface area contributed by atoms with E-state index >= 15 is 0 Å². The normalized spacial score (nSPS) is 9.84. The molecular weight excluding hydrogens is 246 g/mol. The molecule has 6 nitrogen and oxygen atoms in total. The molecule has 0 unspecified atom stereocenters. The number of nitrogens with two attached hydrogens (primary N) is 1. The van der Waals surface area contributed by atoms with Gasteiger partial charge in [0, 0.05) is 25.0 Å². The molecule has 0 radical (unpaired) electrons. The maximum atomic E-state index is 11.6. The molecule has 0 saturated carbocycles. The summed E-state index contributed by atoms with van der Waals surface area (Å²) in [5, 5.41) is 2.56. The Morgan fingerprint density at radius 1 is 1.42 bits per heavy atom. The minimum atomic E-state index is -0.490. The zero-order valence-corrected chi connectivity index (χ0v) is 11.4. The average Bonchev–Trinajstić information content (AvgIpc) is 2.44. The molecular formula is C13H19N3O3. The van der Waals surface area contributed by atoms with Crippen molar-refractivity contribution in [1.82, 2.24) is 5.32 Å². The molecule has 0 heterocycles. The van der Waals surface area contributed by atoms with Crippen molar-refractivity contribution in [2.24, 2.45) is 0 Å². The van der Waals surface area contributed by atoms with E-state index in [-0.39, 0.29) is 12.5 Å². The molecule has 0 fully saturated rings. The summed E-state index contributed by atoms with van der Waals surface area (Å²) in [5.74, 6) is -0.589. The Morgan fingerprint density at radius 2 is 2.11 bits per heavy atom. The van der Waals surface area contributed by atoms with Crippen LogP contribution in [-0.2, 0) is 9.53 Å². The van der Waals surface area contributed by atoms with Gasteiger partial charge < -0.3 is 20.7 Å². The Balaban J connectivity index is 3.05. The number of nitrogens with zero attached hydrogens (tertiary/aromatic N) is 1. The van der Waals surface area contributed by atoms with E-state index in [0.29, 0.717) is 17.8 Å². The zero-order chi connectivity index (χ0) is 14.4. The monoisotopic (exact) mass is 265 g/mol. The topological polar surface area (TPSA) is 84.7 Å². The fourth-order valence-electron chi connectivity index (χ4n) is 1.67. The highest BCUT2D eigenvalue weighted by Crippen LogP contribution is 2.21. The van der Waals surface area contributed by atoms with Gasteiger partial charge in [-0.05, 0) is 25.1 Å². The molecule has 0 saturated heterocycles. The molecule has 1 aromatic carbocycles. The van der Waals surface area contributed by atoms with Gasteiger partial charge in [-0.25, -0.2) is 4.79 Å². The van der Waals surface area contributed by atoms with Gasteiger partial charge in [-0.3, -0.25) is 4.79 Å². The summed E-state index contributed by atoms with van der Waals surface area (Å²) in [6.45, 7) is 2.78. The Kier molecular flexibility index (Phi) is 5.17. The van der Waals surface area contributed by atoms with Crippen LogP contribution in [0.4, 0.5) is 11.4 Å². The molecule has 0 aliphatic heterocycles. The van der Waals surface area contributed by atoms with Crippen LogP contribution >= 0.6 is 0 Å². The number of carbonyl (C=O) groups excluding carboxylic acids is 2. The molecule has 3 N–H and O–H groups in total. The summed E-state index contributed by atoms with van der Waals surface area (Å²) >= 11 is 0. The highest BCUT2D eigenvalue weighted by atomic mass is 16.5. The Labute approximate surface area is 112 Å². The molecule has 104 valence electrons. The van der Waals surface area contributed by atoms with Crippen molar-refractivity contribution >= 4 is 23.3 Å². The van der Waals surface area contributed by atoms with Gasteiger partial charge in [-0.2, -0.15) is 0 Å². The number of nitrogens with one attached hydrogen (secondary N) is 1. The standard InChI is InChI=1S/C13H19N3O3/c1-4-16(8-12(17)15-2)9-5-6-11(14)10(7-9)13(18)19-3/h5-7H,4,8,14H2,1-3H3,(H,15,17). The average molecular weight is 265 g/mol. The lowest BCUT2D eigenvalue weighted by Crippen LogP contribution is -2.35. The van der Waals surface area contributed by atoms with Gasteiger partial charge in [0.25, 0.3) is 0 Å². The van der Waals surface area contributed by atoms with E-state index in [1.807, 2.05) is 11.8 Å². The molecule has 6 heteroatoms. The minimum Gasteiger partial charge on any atom is -0.465 e. The van der Waals surface area contributed by atoms with Gasteiger partial charge in [0.1, 0.15) is 0 Å². The van der Waals surface area contributed by atoms with Crippen LogP contribution in [0.2, 0.25) is 0 Å². The molecule has 0 spiro atoms. The van der Waals surface area contributed by atoms with Crippen LogP contribution in [0.1, 0.15) is 17.3 Å². The second-order valence-corrected chi connectivity index (χ2v) is 3.95. The lowest BCUT2D eigenvalue weighted by atomic mass is 10.1. The van der Waals surface area contributed by atoms with Crippen LogP contribution in [-0.4, -0.2) is 39.1 Å². The number of methoxy groups -OCH3 is 1. The molecule has 19 heavy (non-hydrogen) atoms. The van der Waals surface area contributed by atoms with Crippen molar-refractivity contribution < 1.29 is 14.3 Å². The number of benzene rings is 1. The summed E-state index contributed by atoms with van der Waals surface area (Å²) in [4.78, 5) is 24.8. The minimum absolute atomic E-state index is 0.0988. The third-order valence-corrected chi connectivity index (χ3v) is 2.80. The molecule has 1 amide bonds. The molecule has 1 rings (SSSR count). The summed E-state index contributed by atoms with van der Waals surface area (Å²) in [7, 11) is 2.88. The van der Waals surface area contributed by atoms with Crippen LogP contribution in [0.3, 0.4) is 0 Å². The van der Waals surface area contributed by atoms with E-state index in [4.69, 9.17) is 5.73 Å². The molecule has 0 atom stereocenters. The number of esters is 1. The molecule has 0 aliphatic carbocycles. The first-order chi connectivity index (χ1) is 9.03. The maximum absolute atomic E-state index is 11.6. The third-order valence-electron chi connectivity index (χ3n) is 2.80. The van der Waals surface area contributed by atoms with E-state index < -0.39 is 5.97 Å². The molecule has 0 aliphatic rings. The van der Waals surface area contributed by atoms with Crippen LogP contribution in [0, 0.1) is 0 Å². The second-order valence-electron chi connectivity index (χ2n) is 3.95. The van der Waals surface area contributed by atoms with Crippen LogP contribution in [0.5, 0.6) is 0 Å². The van der Waals surface area contributed by atoms with Crippen LogP contribution < -0.4 is 16.0 Å². The second kappa shape index (κ2) is 6.63. The highest BCUT2D eigenvalue weighted by Gasteiger charge is 2.14. The number of carbonyl (C=O) groups is 2. The number of hydrogen-bond acceptors (Lipinski definition) is 5. The Bertz CT molecular complexity index is 474. The SMILES string of the molecule is CCN(CC(=O)NC)c1ccc(N)c(C(=O)OC)c1. The molecule has 0 aromatic heterocycles. The van der Waals surface area contributed by atoms with Gasteiger partial charge in [-0.1, -0.05) is 0 Å². The van der Waals surface area contributed by atoms with Crippen molar-refractivity contribution in [3.63, 3.8) is 0 Å². The van der Waals surface area contributed by atoms with E-state index in [1.54, 1.807) is 25.2 Å². The number of ether oxygens (including phenoxy) is 1. The van der Waals surface area contributed by atoms with Gasteiger partial charge in [0.15, 0.2) is 0 Å². The summed E-state index contributed by atoms with van der Waals surface area (Å²) in [5.41, 5.74) is 7.14. The largest absolute Gasteiger partial charge is 0.465 e. The maximum Gasteiger partial charge on any atom is 0.340 e. The lowest BCUT2D eigenvalue weighted by Gasteiger charge is -2.22. The highest BCUT2D eigenvalue weighted by molar-refractivity contribution is 5.96. The van der Waals surface area contributed by atoms with E-state index in [2.05, 4.69) is 10.1 Å². The molecule has 1 aromatic rings. The fourth-order valence-corrected chi connectivity index (χ4v) is 1.67. The summed E-state index contributed by atoms with van der Waals surface area (Å²) < 4.78 is 4.67. The van der Waals surface area contributed by atoms with Crippen molar-refractivity contribution in [3.05, 3.63) is 23.8 Å². The first-order valence-electron chi connectivity index (χ1n) is 5.96. The van der Waals surface area contributed by atoms with Gasteiger partial charge in [-0.15, -0.1) is 0 Å². The van der Waals surface area contributed by atoms with E-state index in [9.17, 15) is 9.59 Å².